The molecule has 1 nitrogen and oxygen atoms in total. The Labute approximate surface area is 114 Å². The van der Waals surface area contributed by atoms with Gasteiger partial charge in [-0.25, -0.2) is 0 Å². The molecule has 0 bridgehead atoms. The van der Waals surface area contributed by atoms with Gasteiger partial charge in [0.15, 0.2) is 0 Å². The Balaban J connectivity index is 2.22. The van der Waals surface area contributed by atoms with E-state index in [0.717, 1.165) is 19.5 Å². The van der Waals surface area contributed by atoms with Crippen LogP contribution in [0.3, 0.4) is 0 Å². The minimum atomic E-state index is 1.00. The van der Waals surface area contributed by atoms with Crippen molar-refractivity contribution in [3.63, 3.8) is 0 Å². The summed E-state index contributed by atoms with van der Waals surface area (Å²) in [5.41, 5.74) is 4.32. The maximum Gasteiger partial charge on any atom is 0.0377 e. The van der Waals surface area contributed by atoms with Gasteiger partial charge in [-0.3, -0.25) is 0 Å². The maximum absolute atomic E-state index is 3.50. The number of hydrogen-bond donors (Lipinski definition) is 1. The lowest BCUT2D eigenvalue weighted by Gasteiger charge is -2.06. The van der Waals surface area contributed by atoms with Crippen molar-refractivity contribution in [1.29, 1.82) is 0 Å². The molecular weight excluding hydrogens is 238 g/mol. The van der Waals surface area contributed by atoms with Crippen LogP contribution in [0.2, 0.25) is 0 Å². The zero-order valence-corrected chi connectivity index (χ0v) is 12.0. The molecule has 2 aromatic rings. The molecule has 1 aromatic carbocycles. The minimum Gasteiger partial charge on any atom is -0.313 e. The van der Waals surface area contributed by atoms with Gasteiger partial charge in [0.25, 0.3) is 0 Å². The second-order valence-corrected chi connectivity index (χ2v) is 5.34. The molecule has 0 amide bonds. The van der Waals surface area contributed by atoms with Crippen molar-refractivity contribution in [2.75, 3.05) is 6.54 Å². The molecule has 0 spiro atoms. The van der Waals surface area contributed by atoms with Crippen LogP contribution in [0.4, 0.5) is 0 Å². The summed E-state index contributed by atoms with van der Waals surface area (Å²) in [4.78, 5) is 1.44. The van der Waals surface area contributed by atoms with Crippen molar-refractivity contribution in [3.8, 4) is 10.4 Å². The van der Waals surface area contributed by atoms with Crippen LogP contribution in [0.1, 0.15) is 31.4 Å². The van der Waals surface area contributed by atoms with Crippen LogP contribution >= 0.6 is 11.3 Å². The van der Waals surface area contributed by atoms with Crippen LogP contribution < -0.4 is 5.32 Å². The van der Waals surface area contributed by atoms with E-state index in [1.807, 2.05) is 11.3 Å². The van der Waals surface area contributed by atoms with Crippen molar-refractivity contribution in [2.45, 2.75) is 33.2 Å². The van der Waals surface area contributed by atoms with E-state index in [1.54, 1.807) is 0 Å². The smallest absolute Gasteiger partial charge is 0.0377 e. The summed E-state index contributed by atoms with van der Waals surface area (Å²) in [6, 6.07) is 10.7. The first-order valence-electron chi connectivity index (χ1n) is 6.72. The lowest BCUT2D eigenvalue weighted by atomic mass is 10.0. The van der Waals surface area contributed by atoms with E-state index in [4.69, 9.17) is 0 Å². The molecule has 0 aliphatic carbocycles. The zero-order chi connectivity index (χ0) is 12.8. The topological polar surface area (TPSA) is 12.0 Å². The number of benzene rings is 1. The SMILES string of the molecule is CCCNCc1csc(-c2ccccc2)c1CC. The summed E-state index contributed by atoms with van der Waals surface area (Å²) in [6.45, 7) is 6.55. The van der Waals surface area contributed by atoms with Crippen LogP contribution in [0, 0.1) is 0 Å². The first-order chi connectivity index (χ1) is 8.86. The van der Waals surface area contributed by atoms with Gasteiger partial charge in [0.2, 0.25) is 0 Å². The molecule has 0 aliphatic rings. The molecule has 18 heavy (non-hydrogen) atoms. The van der Waals surface area contributed by atoms with Gasteiger partial charge in [0, 0.05) is 11.4 Å². The maximum atomic E-state index is 3.50. The van der Waals surface area contributed by atoms with Crippen LogP contribution in [0.5, 0.6) is 0 Å². The highest BCUT2D eigenvalue weighted by Crippen LogP contribution is 2.33. The summed E-state index contributed by atoms with van der Waals surface area (Å²) in [7, 11) is 0. The summed E-state index contributed by atoms with van der Waals surface area (Å²) < 4.78 is 0. The normalized spacial score (nSPS) is 10.8. The molecule has 1 heterocycles. The van der Waals surface area contributed by atoms with E-state index in [0.29, 0.717) is 0 Å². The van der Waals surface area contributed by atoms with Gasteiger partial charge in [-0.2, -0.15) is 0 Å². The second-order valence-electron chi connectivity index (χ2n) is 4.46. The van der Waals surface area contributed by atoms with Gasteiger partial charge >= 0.3 is 0 Å². The van der Waals surface area contributed by atoms with Crippen molar-refractivity contribution < 1.29 is 0 Å². The van der Waals surface area contributed by atoms with E-state index in [2.05, 4.69) is 54.9 Å². The molecule has 2 rings (SSSR count). The molecule has 96 valence electrons. The minimum absolute atomic E-state index is 1.00. The largest absolute Gasteiger partial charge is 0.313 e. The molecule has 0 fully saturated rings. The second kappa shape index (κ2) is 6.72. The first kappa shape index (κ1) is 13.3. The third-order valence-corrected chi connectivity index (χ3v) is 4.23. The molecule has 0 saturated heterocycles. The zero-order valence-electron chi connectivity index (χ0n) is 11.2. The van der Waals surface area contributed by atoms with Gasteiger partial charge in [-0.05, 0) is 41.5 Å². The van der Waals surface area contributed by atoms with Crippen LogP contribution in [0.25, 0.3) is 10.4 Å². The summed E-state index contributed by atoms with van der Waals surface area (Å²) in [5.74, 6) is 0. The number of thiophene rings is 1. The highest BCUT2D eigenvalue weighted by atomic mass is 32.1. The fourth-order valence-electron chi connectivity index (χ4n) is 2.19. The lowest BCUT2D eigenvalue weighted by molar-refractivity contribution is 0.673. The monoisotopic (exact) mass is 259 g/mol. The average Bonchev–Trinajstić information content (AvgIpc) is 2.83. The van der Waals surface area contributed by atoms with Gasteiger partial charge in [-0.1, -0.05) is 44.2 Å². The molecule has 0 atom stereocenters. The molecule has 0 saturated carbocycles. The van der Waals surface area contributed by atoms with Crippen LogP contribution in [-0.2, 0) is 13.0 Å². The van der Waals surface area contributed by atoms with Crippen LogP contribution in [-0.4, -0.2) is 6.54 Å². The van der Waals surface area contributed by atoms with Gasteiger partial charge < -0.3 is 5.32 Å². The molecule has 0 radical (unpaired) electrons. The van der Waals surface area contributed by atoms with E-state index in [-0.39, 0.29) is 0 Å². The number of hydrogen-bond acceptors (Lipinski definition) is 2. The Morgan fingerprint density at radius 2 is 1.89 bits per heavy atom. The Morgan fingerprint density at radius 1 is 1.11 bits per heavy atom. The summed E-state index contributed by atoms with van der Waals surface area (Å²) in [5, 5.41) is 5.81. The van der Waals surface area contributed by atoms with Crippen molar-refractivity contribution in [2.24, 2.45) is 0 Å². The fraction of sp³-hybridized carbons (Fsp3) is 0.375. The highest BCUT2D eigenvalue weighted by molar-refractivity contribution is 7.14. The molecule has 2 heteroatoms. The number of rotatable bonds is 6. The van der Waals surface area contributed by atoms with E-state index in [1.165, 1.54) is 28.0 Å². The molecule has 0 unspecified atom stereocenters. The van der Waals surface area contributed by atoms with E-state index < -0.39 is 0 Å². The Morgan fingerprint density at radius 3 is 2.56 bits per heavy atom. The first-order valence-corrected chi connectivity index (χ1v) is 7.60. The standard InChI is InChI=1S/C16H21NS/c1-3-10-17-11-14-12-18-16(15(14)4-2)13-8-6-5-7-9-13/h5-9,12,17H,3-4,10-11H2,1-2H3. The Hall–Kier alpha value is -1.12. The fourth-order valence-corrected chi connectivity index (χ4v) is 3.36. The molecule has 1 N–H and O–H groups in total. The third-order valence-electron chi connectivity index (χ3n) is 3.11. The van der Waals surface area contributed by atoms with E-state index in [9.17, 15) is 0 Å². The summed E-state index contributed by atoms with van der Waals surface area (Å²) >= 11 is 1.87. The van der Waals surface area contributed by atoms with E-state index >= 15 is 0 Å². The van der Waals surface area contributed by atoms with Gasteiger partial charge in [0.1, 0.15) is 0 Å². The highest BCUT2D eigenvalue weighted by Gasteiger charge is 2.10. The predicted molar refractivity (Wildman–Crippen MR) is 81.1 cm³/mol. The number of nitrogens with one attached hydrogen (secondary N) is 1. The van der Waals surface area contributed by atoms with Crippen molar-refractivity contribution in [1.82, 2.24) is 5.32 Å². The predicted octanol–water partition coefficient (Wildman–Crippen LogP) is 4.48. The quantitative estimate of drug-likeness (QED) is 0.754. The Bertz CT molecular complexity index is 473. The average molecular weight is 259 g/mol. The summed E-state index contributed by atoms with van der Waals surface area (Å²) in [6.07, 6.45) is 2.30. The van der Waals surface area contributed by atoms with Crippen molar-refractivity contribution >= 4 is 11.3 Å². The molecule has 1 aromatic heterocycles. The Kier molecular flexibility index (Phi) is 4.97. The molecule has 0 aliphatic heterocycles. The molecular formula is C16H21NS. The van der Waals surface area contributed by atoms with Crippen molar-refractivity contribution in [3.05, 3.63) is 46.8 Å². The lowest BCUT2D eigenvalue weighted by Crippen LogP contribution is -2.14. The van der Waals surface area contributed by atoms with Crippen LogP contribution in [0.15, 0.2) is 35.7 Å². The third kappa shape index (κ3) is 3.01. The van der Waals surface area contributed by atoms with Gasteiger partial charge in [-0.15, -0.1) is 11.3 Å². The van der Waals surface area contributed by atoms with Gasteiger partial charge in [0.05, 0.1) is 0 Å².